The number of hydrogen-bond donors (Lipinski definition) is 2. The molecule has 156 valence electrons. The van der Waals surface area contributed by atoms with E-state index in [2.05, 4.69) is 34.7 Å². The SMILES string of the molecule is CC(C)C(NC(=O)CSc1nnc(NC2CC2)s1)c1ccc2c(c1)OCCCO2. The lowest BCUT2D eigenvalue weighted by Gasteiger charge is -2.23. The Bertz CT molecular complexity index is 854. The molecule has 1 aliphatic heterocycles. The van der Waals surface area contributed by atoms with Gasteiger partial charge >= 0.3 is 0 Å². The summed E-state index contributed by atoms with van der Waals surface area (Å²) < 4.78 is 12.3. The van der Waals surface area contributed by atoms with E-state index in [1.165, 1.54) is 35.9 Å². The van der Waals surface area contributed by atoms with Crippen LogP contribution in [0.4, 0.5) is 5.13 Å². The van der Waals surface area contributed by atoms with Crippen LogP contribution in [0.2, 0.25) is 0 Å². The molecule has 1 amide bonds. The first-order chi connectivity index (χ1) is 14.1. The molecule has 1 atom stereocenters. The number of thioether (sulfide) groups is 1. The Morgan fingerprint density at radius 3 is 2.79 bits per heavy atom. The number of nitrogens with one attached hydrogen (secondary N) is 2. The van der Waals surface area contributed by atoms with Gasteiger partial charge in [0.1, 0.15) is 0 Å². The smallest absolute Gasteiger partial charge is 0.230 e. The van der Waals surface area contributed by atoms with Crippen molar-refractivity contribution in [3.63, 3.8) is 0 Å². The van der Waals surface area contributed by atoms with Crippen molar-refractivity contribution in [1.82, 2.24) is 15.5 Å². The topological polar surface area (TPSA) is 85.4 Å². The zero-order chi connectivity index (χ0) is 20.2. The number of anilines is 1. The molecule has 2 heterocycles. The van der Waals surface area contributed by atoms with Gasteiger partial charge in [0.05, 0.1) is 25.0 Å². The Hall–Kier alpha value is -2.00. The summed E-state index contributed by atoms with van der Waals surface area (Å²) in [4.78, 5) is 12.6. The summed E-state index contributed by atoms with van der Waals surface area (Å²) in [5, 5.41) is 15.6. The molecule has 1 saturated carbocycles. The maximum atomic E-state index is 12.6. The number of amides is 1. The summed E-state index contributed by atoms with van der Waals surface area (Å²) in [5.41, 5.74) is 1.02. The lowest BCUT2D eigenvalue weighted by molar-refractivity contribution is -0.119. The normalized spacial score (nSPS) is 16.9. The van der Waals surface area contributed by atoms with Crippen molar-refractivity contribution in [2.45, 2.75) is 49.5 Å². The first-order valence-corrected chi connectivity index (χ1v) is 11.8. The van der Waals surface area contributed by atoms with Crippen LogP contribution in [0.15, 0.2) is 22.5 Å². The molecule has 1 aliphatic carbocycles. The van der Waals surface area contributed by atoms with Crippen LogP contribution < -0.4 is 20.1 Å². The van der Waals surface area contributed by atoms with Gasteiger partial charge < -0.3 is 20.1 Å². The van der Waals surface area contributed by atoms with Gasteiger partial charge in [0, 0.05) is 12.5 Å². The standard InChI is InChI=1S/C20H26N4O3S2/c1-12(2)18(13-4-7-15-16(10-13)27-9-3-8-26-15)22-17(25)11-28-20-24-23-19(29-20)21-14-5-6-14/h4,7,10,12,14,18H,3,5-6,8-9,11H2,1-2H3,(H,21,23)(H,22,25). The average molecular weight is 435 g/mol. The summed E-state index contributed by atoms with van der Waals surface area (Å²) >= 11 is 2.92. The first kappa shape index (κ1) is 20.3. The van der Waals surface area contributed by atoms with E-state index >= 15 is 0 Å². The Labute approximate surface area is 179 Å². The van der Waals surface area contributed by atoms with Crippen LogP contribution in [0.3, 0.4) is 0 Å². The molecule has 0 spiro atoms. The Morgan fingerprint density at radius 1 is 1.24 bits per heavy atom. The summed E-state index contributed by atoms with van der Waals surface area (Å²) in [5.74, 6) is 2.05. The molecular formula is C20H26N4O3S2. The molecule has 2 aliphatic rings. The minimum atomic E-state index is -0.0956. The maximum Gasteiger partial charge on any atom is 0.230 e. The lowest BCUT2D eigenvalue weighted by Crippen LogP contribution is -2.33. The minimum absolute atomic E-state index is 0.0206. The van der Waals surface area contributed by atoms with Crippen LogP contribution >= 0.6 is 23.1 Å². The molecule has 2 aromatic rings. The molecule has 1 fully saturated rings. The van der Waals surface area contributed by atoms with Gasteiger partial charge in [-0.3, -0.25) is 4.79 Å². The highest BCUT2D eigenvalue weighted by Crippen LogP contribution is 2.34. The zero-order valence-corrected chi connectivity index (χ0v) is 18.3. The van der Waals surface area contributed by atoms with Gasteiger partial charge in [0.15, 0.2) is 15.8 Å². The largest absolute Gasteiger partial charge is 0.490 e. The van der Waals surface area contributed by atoms with Crippen molar-refractivity contribution in [2.75, 3.05) is 24.3 Å². The summed E-state index contributed by atoms with van der Waals surface area (Å²) in [6, 6.07) is 6.38. The van der Waals surface area contributed by atoms with E-state index in [0.29, 0.717) is 25.0 Å². The second-order valence-corrected chi connectivity index (χ2v) is 9.83. The predicted octanol–water partition coefficient (Wildman–Crippen LogP) is 3.88. The van der Waals surface area contributed by atoms with Crippen LogP contribution in [0.1, 0.15) is 44.7 Å². The molecular weight excluding hydrogens is 408 g/mol. The van der Waals surface area contributed by atoms with Crippen molar-refractivity contribution in [1.29, 1.82) is 0 Å². The van der Waals surface area contributed by atoms with E-state index < -0.39 is 0 Å². The Morgan fingerprint density at radius 2 is 2.03 bits per heavy atom. The molecule has 9 heteroatoms. The fraction of sp³-hybridized carbons (Fsp3) is 0.550. The van der Waals surface area contributed by atoms with Crippen LogP contribution in [-0.4, -0.2) is 41.1 Å². The van der Waals surface area contributed by atoms with Crippen molar-refractivity contribution in [3.05, 3.63) is 23.8 Å². The molecule has 1 unspecified atom stereocenters. The summed E-state index contributed by atoms with van der Waals surface area (Å²) in [7, 11) is 0. The van der Waals surface area contributed by atoms with Gasteiger partial charge in [-0.15, -0.1) is 10.2 Å². The third-order valence-electron chi connectivity index (χ3n) is 4.75. The molecule has 29 heavy (non-hydrogen) atoms. The van der Waals surface area contributed by atoms with Crippen molar-refractivity contribution in [2.24, 2.45) is 5.92 Å². The molecule has 1 aromatic carbocycles. The zero-order valence-electron chi connectivity index (χ0n) is 16.6. The number of carbonyl (C=O) groups excluding carboxylic acids is 1. The first-order valence-electron chi connectivity index (χ1n) is 10.0. The lowest BCUT2D eigenvalue weighted by atomic mass is 9.95. The number of ether oxygens (including phenoxy) is 2. The number of nitrogens with zero attached hydrogens (tertiary/aromatic N) is 2. The monoisotopic (exact) mass is 434 g/mol. The molecule has 4 rings (SSSR count). The van der Waals surface area contributed by atoms with Gasteiger partial charge in [0.2, 0.25) is 11.0 Å². The van der Waals surface area contributed by atoms with Crippen LogP contribution in [0.25, 0.3) is 0 Å². The van der Waals surface area contributed by atoms with Crippen molar-refractivity contribution >= 4 is 34.1 Å². The molecule has 0 bridgehead atoms. The van der Waals surface area contributed by atoms with E-state index in [9.17, 15) is 4.79 Å². The quantitative estimate of drug-likeness (QED) is 0.610. The van der Waals surface area contributed by atoms with E-state index in [1.54, 1.807) is 0 Å². The van der Waals surface area contributed by atoms with Crippen molar-refractivity contribution < 1.29 is 14.3 Å². The van der Waals surface area contributed by atoms with Crippen LogP contribution in [0.5, 0.6) is 11.5 Å². The number of rotatable bonds is 8. The van der Waals surface area contributed by atoms with E-state index in [4.69, 9.17) is 9.47 Å². The van der Waals surface area contributed by atoms with Gasteiger partial charge in [-0.2, -0.15) is 0 Å². The molecule has 7 nitrogen and oxygen atoms in total. The second-order valence-electron chi connectivity index (χ2n) is 7.63. The fourth-order valence-corrected chi connectivity index (χ4v) is 4.72. The van der Waals surface area contributed by atoms with E-state index in [1.807, 2.05) is 18.2 Å². The van der Waals surface area contributed by atoms with Gasteiger partial charge in [-0.25, -0.2) is 0 Å². The van der Waals surface area contributed by atoms with Gasteiger partial charge in [0.25, 0.3) is 0 Å². The third-order valence-corrected chi connectivity index (χ3v) is 6.74. The van der Waals surface area contributed by atoms with E-state index in [0.717, 1.165) is 33.0 Å². The highest BCUT2D eigenvalue weighted by Gasteiger charge is 2.23. The number of aromatic nitrogens is 2. The number of carbonyl (C=O) groups is 1. The average Bonchev–Trinajstić information content (AvgIpc) is 3.45. The molecule has 2 N–H and O–H groups in total. The summed E-state index contributed by atoms with van der Waals surface area (Å²) in [6.45, 7) is 5.51. The Balaban J connectivity index is 1.35. The highest BCUT2D eigenvalue weighted by atomic mass is 32.2. The predicted molar refractivity (Wildman–Crippen MR) is 115 cm³/mol. The van der Waals surface area contributed by atoms with Crippen LogP contribution in [0, 0.1) is 5.92 Å². The minimum Gasteiger partial charge on any atom is -0.490 e. The number of hydrogen-bond acceptors (Lipinski definition) is 8. The molecule has 1 aromatic heterocycles. The van der Waals surface area contributed by atoms with Crippen molar-refractivity contribution in [3.8, 4) is 11.5 Å². The van der Waals surface area contributed by atoms with Crippen LogP contribution in [-0.2, 0) is 4.79 Å². The molecule has 0 saturated heterocycles. The third kappa shape index (κ3) is 5.54. The summed E-state index contributed by atoms with van der Waals surface area (Å²) in [6.07, 6.45) is 3.26. The highest BCUT2D eigenvalue weighted by molar-refractivity contribution is 8.01. The fourth-order valence-electron chi connectivity index (χ4n) is 3.08. The second kappa shape index (κ2) is 9.21. The Kier molecular flexibility index (Phi) is 6.44. The van der Waals surface area contributed by atoms with E-state index in [-0.39, 0.29) is 17.9 Å². The van der Waals surface area contributed by atoms with Gasteiger partial charge in [-0.1, -0.05) is 43.0 Å². The van der Waals surface area contributed by atoms with Gasteiger partial charge in [-0.05, 0) is 36.5 Å². The number of fused-ring (bicyclic) bond motifs is 1. The molecule has 0 radical (unpaired) electrons. The maximum absolute atomic E-state index is 12.6. The number of benzene rings is 1.